The second-order valence-corrected chi connectivity index (χ2v) is 5.15. The lowest BCUT2D eigenvalue weighted by atomic mass is 10.3. The Balaban J connectivity index is 1.89. The fourth-order valence-electron chi connectivity index (χ4n) is 2.53. The molecule has 2 aromatic rings. The normalized spacial score (nSPS) is 18.4. The maximum atomic E-state index is 12.6. The maximum Gasteiger partial charge on any atom is 0.333 e. The number of alkyl halides is 2. The van der Waals surface area contributed by atoms with Crippen LogP contribution in [0, 0.1) is 0 Å². The maximum absolute atomic E-state index is 12.6. The van der Waals surface area contributed by atoms with Crippen molar-refractivity contribution in [3.05, 3.63) is 18.3 Å². The molecule has 7 nitrogen and oxygen atoms in total. The van der Waals surface area contributed by atoms with Gasteiger partial charge in [0, 0.05) is 31.4 Å². The monoisotopic (exact) mass is 309 g/mol. The van der Waals surface area contributed by atoms with E-state index in [1.165, 1.54) is 12.3 Å². The molecule has 0 saturated carbocycles. The Hall–Kier alpha value is -2.29. The molecular formula is C13H17F2N7. The van der Waals surface area contributed by atoms with Crippen molar-refractivity contribution < 1.29 is 8.78 Å². The quantitative estimate of drug-likeness (QED) is 0.880. The standard InChI is InChI=1S/C13H17F2N7/c1-17-8-2-4-21(7-8)11-6-10(18-13(16)19-11)9-3-5-22(20-9)12(14)15/h3,5-6,8,12,17H,2,4,7H2,1H3,(H2,16,18,19)/t8-/m1/s1. The van der Waals surface area contributed by atoms with Gasteiger partial charge in [0.15, 0.2) is 0 Å². The van der Waals surface area contributed by atoms with Crippen molar-refractivity contribution in [2.24, 2.45) is 0 Å². The van der Waals surface area contributed by atoms with Gasteiger partial charge in [0.25, 0.3) is 0 Å². The lowest BCUT2D eigenvalue weighted by Gasteiger charge is -2.18. The lowest BCUT2D eigenvalue weighted by molar-refractivity contribution is 0.0568. The molecule has 0 spiro atoms. The molecular weight excluding hydrogens is 292 g/mol. The molecule has 0 aromatic carbocycles. The summed E-state index contributed by atoms with van der Waals surface area (Å²) in [5.74, 6) is 0.791. The Morgan fingerprint density at radius 3 is 2.82 bits per heavy atom. The number of nitrogens with two attached hydrogens (primary N) is 1. The van der Waals surface area contributed by atoms with Gasteiger partial charge in [-0.25, -0.2) is 9.67 Å². The molecule has 0 bridgehead atoms. The third kappa shape index (κ3) is 2.84. The van der Waals surface area contributed by atoms with Gasteiger partial charge in [-0.15, -0.1) is 0 Å². The molecule has 3 rings (SSSR count). The Bertz CT molecular complexity index is 658. The van der Waals surface area contributed by atoms with E-state index in [0.717, 1.165) is 19.5 Å². The van der Waals surface area contributed by atoms with Gasteiger partial charge in [-0.1, -0.05) is 0 Å². The summed E-state index contributed by atoms with van der Waals surface area (Å²) in [7, 11) is 1.92. The zero-order chi connectivity index (χ0) is 15.7. The van der Waals surface area contributed by atoms with Crippen LogP contribution < -0.4 is 16.0 Å². The number of hydrogen-bond acceptors (Lipinski definition) is 6. The van der Waals surface area contributed by atoms with Gasteiger partial charge in [0.1, 0.15) is 11.5 Å². The molecule has 3 heterocycles. The SMILES string of the molecule is CN[C@@H]1CCN(c2cc(-c3ccn(C(F)F)n3)nc(N)n2)C1. The largest absolute Gasteiger partial charge is 0.368 e. The summed E-state index contributed by atoms with van der Waals surface area (Å²) in [6.45, 7) is -1.01. The number of hydrogen-bond donors (Lipinski definition) is 2. The average molecular weight is 309 g/mol. The zero-order valence-electron chi connectivity index (χ0n) is 12.1. The summed E-state index contributed by atoms with van der Waals surface area (Å²) in [5, 5.41) is 7.03. The summed E-state index contributed by atoms with van der Waals surface area (Å²) in [6, 6.07) is 3.61. The number of aromatic nitrogens is 4. The molecule has 9 heteroatoms. The smallest absolute Gasteiger partial charge is 0.333 e. The van der Waals surface area contributed by atoms with Crippen LogP contribution in [0.2, 0.25) is 0 Å². The minimum Gasteiger partial charge on any atom is -0.368 e. The van der Waals surface area contributed by atoms with Crippen LogP contribution in [-0.2, 0) is 0 Å². The summed E-state index contributed by atoms with van der Waals surface area (Å²) in [4.78, 5) is 10.4. The lowest BCUT2D eigenvalue weighted by Crippen LogP contribution is -2.30. The Kier molecular flexibility index (Phi) is 3.88. The number of halogens is 2. The third-order valence-corrected chi connectivity index (χ3v) is 3.72. The summed E-state index contributed by atoms with van der Waals surface area (Å²) >= 11 is 0. The molecule has 0 aliphatic carbocycles. The van der Waals surface area contributed by atoms with Gasteiger partial charge in [0.05, 0.1) is 5.69 Å². The first-order chi connectivity index (χ1) is 10.6. The van der Waals surface area contributed by atoms with Crippen LogP contribution in [0.4, 0.5) is 20.5 Å². The van der Waals surface area contributed by atoms with Crippen molar-refractivity contribution in [2.45, 2.75) is 19.0 Å². The van der Waals surface area contributed by atoms with E-state index in [4.69, 9.17) is 5.73 Å². The summed E-state index contributed by atoms with van der Waals surface area (Å²) < 4.78 is 25.8. The van der Waals surface area contributed by atoms with E-state index in [2.05, 4.69) is 25.3 Å². The van der Waals surface area contributed by atoms with Crippen molar-refractivity contribution in [1.82, 2.24) is 25.1 Å². The van der Waals surface area contributed by atoms with Gasteiger partial charge < -0.3 is 16.0 Å². The predicted molar refractivity (Wildman–Crippen MR) is 78.6 cm³/mol. The van der Waals surface area contributed by atoms with Crippen LogP contribution >= 0.6 is 0 Å². The highest BCUT2D eigenvalue weighted by molar-refractivity contribution is 5.61. The number of likely N-dealkylation sites (N-methyl/N-ethyl adjacent to an activating group) is 1. The molecule has 2 aromatic heterocycles. The number of nitrogens with zero attached hydrogens (tertiary/aromatic N) is 5. The highest BCUT2D eigenvalue weighted by Gasteiger charge is 2.23. The predicted octanol–water partition coefficient (Wildman–Crippen LogP) is 1.12. The van der Waals surface area contributed by atoms with Crippen LogP contribution in [0.15, 0.2) is 18.3 Å². The summed E-state index contributed by atoms with van der Waals surface area (Å²) in [6.07, 6.45) is 2.22. The van der Waals surface area contributed by atoms with Crippen molar-refractivity contribution in [2.75, 3.05) is 30.8 Å². The second kappa shape index (κ2) is 5.84. The van der Waals surface area contributed by atoms with E-state index in [1.54, 1.807) is 6.07 Å². The second-order valence-electron chi connectivity index (χ2n) is 5.15. The molecule has 0 unspecified atom stereocenters. The first-order valence-electron chi connectivity index (χ1n) is 6.97. The van der Waals surface area contributed by atoms with Crippen molar-refractivity contribution >= 4 is 11.8 Å². The van der Waals surface area contributed by atoms with Gasteiger partial charge in [-0.05, 0) is 19.5 Å². The number of anilines is 2. The topological polar surface area (TPSA) is 84.9 Å². The van der Waals surface area contributed by atoms with E-state index in [-0.39, 0.29) is 5.95 Å². The Labute approximate surface area is 126 Å². The molecule has 1 fully saturated rings. The van der Waals surface area contributed by atoms with Crippen LogP contribution in [0.25, 0.3) is 11.4 Å². The number of nitrogens with one attached hydrogen (secondary N) is 1. The molecule has 22 heavy (non-hydrogen) atoms. The number of nitrogen functional groups attached to an aromatic ring is 1. The molecule has 1 atom stereocenters. The van der Waals surface area contributed by atoms with Crippen LogP contribution in [0.5, 0.6) is 0 Å². The van der Waals surface area contributed by atoms with E-state index in [0.29, 0.717) is 27.9 Å². The van der Waals surface area contributed by atoms with Crippen LogP contribution in [-0.4, -0.2) is 45.9 Å². The Morgan fingerprint density at radius 1 is 1.36 bits per heavy atom. The summed E-state index contributed by atoms with van der Waals surface area (Å²) in [5.41, 5.74) is 6.54. The van der Waals surface area contributed by atoms with Gasteiger partial charge in [0.2, 0.25) is 5.95 Å². The van der Waals surface area contributed by atoms with Gasteiger partial charge in [-0.2, -0.15) is 18.9 Å². The zero-order valence-corrected chi connectivity index (χ0v) is 12.1. The minimum atomic E-state index is -2.68. The first kappa shape index (κ1) is 14.6. The van der Waals surface area contributed by atoms with Gasteiger partial charge >= 0.3 is 6.55 Å². The van der Waals surface area contributed by atoms with E-state index in [9.17, 15) is 8.78 Å². The van der Waals surface area contributed by atoms with Crippen LogP contribution in [0.3, 0.4) is 0 Å². The molecule has 1 saturated heterocycles. The van der Waals surface area contributed by atoms with Crippen LogP contribution in [0.1, 0.15) is 13.0 Å². The van der Waals surface area contributed by atoms with E-state index >= 15 is 0 Å². The molecule has 0 radical (unpaired) electrons. The fraction of sp³-hybridized carbons (Fsp3) is 0.462. The third-order valence-electron chi connectivity index (χ3n) is 3.72. The highest BCUT2D eigenvalue weighted by atomic mass is 19.3. The molecule has 0 amide bonds. The Morgan fingerprint density at radius 2 is 2.18 bits per heavy atom. The molecule has 3 N–H and O–H groups in total. The van der Waals surface area contributed by atoms with Crippen molar-refractivity contribution in [3.63, 3.8) is 0 Å². The molecule has 1 aliphatic rings. The highest BCUT2D eigenvalue weighted by Crippen LogP contribution is 2.25. The fourth-order valence-corrected chi connectivity index (χ4v) is 2.53. The minimum absolute atomic E-state index is 0.104. The van der Waals surface area contributed by atoms with Gasteiger partial charge in [-0.3, -0.25) is 0 Å². The molecule has 118 valence electrons. The first-order valence-corrected chi connectivity index (χ1v) is 6.97. The van der Waals surface area contributed by atoms with Crippen molar-refractivity contribution in [1.29, 1.82) is 0 Å². The average Bonchev–Trinajstić information content (AvgIpc) is 3.16. The molecule has 1 aliphatic heterocycles. The van der Waals surface area contributed by atoms with E-state index < -0.39 is 6.55 Å². The van der Waals surface area contributed by atoms with Crippen molar-refractivity contribution in [3.8, 4) is 11.4 Å². The van der Waals surface area contributed by atoms with E-state index in [1.807, 2.05) is 7.05 Å². The number of rotatable bonds is 4.